The normalized spacial score (nSPS) is 10.5. The Kier molecular flexibility index (Phi) is 4.99. The molecule has 16 heavy (non-hydrogen) atoms. The minimum absolute atomic E-state index is 0.107. The third kappa shape index (κ3) is 4.94. The minimum atomic E-state index is -0.107. The summed E-state index contributed by atoms with van der Waals surface area (Å²) in [5, 5.41) is 0. The average molecular weight is 221 g/mol. The molecular weight excluding hydrogens is 202 g/mol. The monoisotopic (exact) mass is 221 g/mol. The highest BCUT2D eigenvalue weighted by Gasteiger charge is 2.03. The Balaban J connectivity index is 2.31. The Morgan fingerprint density at radius 2 is 1.94 bits per heavy atom. The molecular formula is C13H19NO2. The van der Waals surface area contributed by atoms with Gasteiger partial charge < -0.3 is 0 Å². The van der Waals surface area contributed by atoms with Gasteiger partial charge in [-0.3, -0.25) is 9.63 Å². The molecule has 1 rings (SSSR count). The molecule has 0 aliphatic carbocycles. The highest BCUT2D eigenvalue weighted by molar-refractivity contribution is 5.77. The minimum Gasteiger partial charge on any atom is -0.273 e. The van der Waals surface area contributed by atoms with Gasteiger partial charge in [-0.1, -0.05) is 43.7 Å². The van der Waals surface area contributed by atoms with Gasteiger partial charge in [0.1, 0.15) is 0 Å². The predicted octanol–water partition coefficient (Wildman–Crippen LogP) is 2.24. The molecule has 88 valence electrons. The highest BCUT2D eigenvalue weighted by Crippen LogP contribution is 2.03. The van der Waals surface area contributed by atoms with Crippen molar-refractivity contribution in [3.63, 3.8) is 0 Å². The number of nitrogens with one attached hydrogen (secondary N) is 1. The Morgan fingerprint density at radius 3 is 2.50 bits per heavy atom. The number of hydroxylamine groups is 1. The van der Waals surface area contributed by atoms with E-state index in [1.807, 2.05) is 45.0 Å². The van der Waals surface area contributed by atoms with Gasteiger partial charge in [0.05, 0.1) is 13.0 Å². The molecule has 1 amide bonds. The molecule has 0 aliphatic heterocycles. The van der Waals surface area contributed by atoms with E-state index < -0.39 is 0 Å². The van der Waals surface area contributed by atoms with Crippen molar-refractivity contribution >= 4 is 5.91 Å². The van der Waals surface area contributed by atoms with E-state index in [1.54, 1.807) is 0 Å². The Labute approximate surface area is 96.8 Å². The van der Waals surface area contributed by atoms with E-state index in [0.717, 1.165) is 5.56 Å². The SMILES string of the molecule is Cc1ccc(CC(=O)NOCC(C)C)cc1. The molecule has 1 N–H and O–H groups in total. The van der Waals surface area contributed by atoms with Crippen LogP contribution in [0.15, 0.2) is 24.3 Å². The summed E-state index contributed by atoms with van der Waals surface area (Å²) in [7, 11) is 0. The van der Waals surface area contributed by atoms with E-state index in [9.17, 15) is 4.79 Å². The molecule has 0 radical (unpaired) electrons. The van der Waals surface area contributed by atoms with Crippen molar-refractivity contribution in [3.05, 3.63) is 35.4 Å². The maximum absolute atomic E-state index is 11.4. The molecule has 0 saturated carbocycles. The molecule has 0 heterocycles. The first kappa shape index (κ1) is 12.7. The number of aryl methyl sites for hydroxylation is 1. The predicted molar refractivity (Wildman–Crippen MR) is 63.8 cm³/mol. The van der Waals surface area contributed by atoms with Crippen LogP contribution in [0.1, 0.15) is 25.0 Å². The quantitative estimate of drug-likeness (QED) is 0.774. The van der Waals surface area contributed by atoms with Gasteiger partial charge in [0.25, 0.3) is 0 Å². The fourth-order valence-electron chi connectivity index (χ4n) is 1.22. The second-order valence-electron chi connectivity index (χ2n) is 4.39. The van der Waals surface area contributed by atoms with E-state index in [1.165, 1.54) is 5.56 Å². The lowest BCUT2D eigenvalue weighted by molar-refractivity contribution is -0.133. The zero-order valence-corrected chi connectivity index (χ0v) is 10.1. The summed E-state index contributed by atoms with van der Waals surface area (Å²) in [6.45, 7) is 6.63. The van der Waals surface area contributed by atoms with Crippen molar-refractivity contribution in [1.82, 2.24) is 5.48 Å². The number of carbonyl (C=O) groups is 1. The van der Waals surface area contributed by atoms with Gasteiger partial charge in [-0.25, -0.2) is 5.48 Å². The van der Waals surface area contributed by atoms with Gasteiger partial charge in [0.2, 0.25) is 5.91 Å². The van der Waals surface area contributed by atoms with Crippen molar-refractivity contribution < 1.29 is 9.63 Å². The lowest BCUT2D eigenvalue weighted by Gasteiger charge is -2.07. The summed E-state index contributed by atoms with van der Waals surface area (Å²) in [5.41, 5.74) is 4.63. The fraction of sp³-hybridized carbons (Fsp3) is 0.462. The molecule has 1 aromatic carbocycles. The van der Waals surface area contributed by atoms with Crippen molar-refractivity contribution in [3.8, 4) is 0 Å². The van der Waals surface area contributed by atoms with Crippen LogP contribution in [0.5, 0.6) is 0 Å². The van der Waals surface area contributed by atoms with E-state index in [-0.39, 0.29) is 5.91 Å². The second kappa shape index (κ2) is 6.28. The van der Waals surface area contributed by atoms with Crippen molar-refractivity contribution in [1.29, 1.82) is 0 Å². The van der Waals surface area contributed by atoms with E-state index >= 15 is 0 Å². The molecule has 0 unspecified atom stereocenters. The van der Waals surface area contributed by atoms with Gasteiger partial charge in [-0.2, -0.15) is 0 Å². The average Bonchev–Trinajstić information content (AvgIpc) is 2.21. The summed E-state index contributed by atoms with van der Waals surface area (Å²) < 4.78 is 0. The van der Waals surface area contributed by atoms with Gasteiger partial charge in [0, 0.05) is 0 Å². The summed E-state index contributed by atoms with van der Waals surface area (Å²) in [6, 6.07) is 7.91. The number of hydrogen-bond acceptors (Lipinski definition) is 2. The fourth-order valence-corrected chi connectivity index (χ4v) is 1.22. The topological polar surface area (TPSA) is 38.3 Å². The Hall–Kier alpha value is -1.35. The number of benzene rings is 1. The van der Waals surface area contributed by atoms with Crippen LogP contribution >= 0.6 is 0 Å². The number of hydrogen-bond donors (Lipinski definition) is 1. The summed E-state index contributed by atoms with van der Waals surface area (Å²) in [6.07, 6.45) is 0.359. The van der Waals surface area contributed by atoms with Crippen LogP contribution < -0.4 is 5.48 Å². The highest BCUT2D eigenvalue weighted by atomic mass is 16.6. The summed E-state index contributed by atoms with van der Waals surface area (Å²) in [5.74, 6) is 0.309. The zero-order chi connectivity index (χ0) is 12.0. The molecule has 0 spiro atoms. The maximum Gasteiger partial charge on any atom is 0.247 e. The number of carbonyl (C=O) groups excluding carboxylic acids is 1. The lowest BCUT2D eigenvalue weighted by Crippen LogP contribution is -2.27. The van der Waals surface area contributed by atoms with E-state index in [0.29, 0.717) is 18.9 Å². The Bertz CT molecular complexity index is 330. The third-order valence-corrected chi connectivity index (χ3v) is 2.09. The van der Waals surface area contributed by atoms with Crippen LogP contribution in [0.2, 0.25) is 0 Å². The van der Waals surface area contributed by atoms with Gasteiger partial charge in [-0.05, 0) is 18.4 Å². The number of rotatable bonds is 5. The van der Waals surface area contributed by atoms with Crippen molar-refractivity contribution in [2.45, 2.75) is 27.2 Å². The molecule has 1 aromatic rings. The first-order valence-electron chi connectivity index (χ1n) is 5.54. The molecule has 3 heteroatoms. The Morgan fingerprint density at radius 1 is 1.31 bits per heavy atom. The first-order valence-corrected chi connectivity index (χ1v) is 5.54. The molecule has 3 nitrogen and oxygen atoms in total. The number of amides is 1. The molecule has 0 fully saturated rings. The second-order valence-corrected chi connectivity index (χ2v) is 4.39. The van der Waals surface area contributed by atoms with Crippen molar-refractivity contribution in [2.75, 3.05) is 6.61 Å². The third-order valence-electron chi connectivity index (χ3n) is 2.09. The van der Waals surface area contributed by atoms with E-state index in [2.05, 4.69) is 5.48 Å². The van der Waals surface area contributed by atoms with Gasteiger partial charge in [-0.15, -0.1) is 0 Å². The standard InChI is InChI=1S/C13H19NO2/c1-10(2)9-16-14-13(15)8-12-6-4-11(3)5-7-12/h4-7,10H,8-9H2,1-3H3,(H,14,15). The maximum atomic E-state index is 11.4. The van der Waals surface area contributed by atoms with Crippen LogP contribution in [0, 0.1) is 12.8 Å². The molecule has 0 aromatic heterocycles. The molecule has 0 saturated heterocycles. The lowest BCUT2D eigenvalue weighted by atomic mass is 10.1. The summed E-state index contributed by atoms with van der Waals surface area (Å²) in [4.78, 5) is 16.5. The molecule has 0 aliphatic rings. The summed E-state index contributed by atoms with van der Waals surface area (Å²) >= 11 is 0. The van der Waals surface area contributed by atoms with Crippen LogP contribution in [0.4, 0.5) is 0 Å². The van der Waals surface area contributed by atoms with Gasteiger partial charge in [0.15, 0.2) is 0 Å². The van der Waals surface area contributed by atoms with Crippen molar-refractivity contribution in [2.24, 2.45) is 5.92 Å². The van der Waals surface area contributed by atoms with Gasteiger partial charge >= 0.3 is 0 Å². The van der Waals surface area contributed by atoms with E-state index in [4.69, 9.17) is 4.84 Å². The largest absolute Gasteiger partial charge is 0.273 e. The van der Waals surface area contributed by atoms with Crippen LogP contribution in [-0.2, 0) is 16.1 Å². The van der Waals surface area contributed by atoms with Crippen LogP contribution in [0.3, 0.4) is 0 Å². The zero-order valence-electron chi connectivity index (χ0n) is 10.1. The smallest absolute Gasteiger partial charge is 0.247 e. The molecule has 0 bridgehead atoms. The first-order chi connectivity index (χ1) is 7.58. The molecule has 0 atom stereocenters. The van der Waals surface area contributed by atoms with Crippen LogP contribution in [-0.4, -0.2) is 12.5 Å². The van der Waals surface area contributed by atoms with Crippen LogP contribution in [0.25, 0.3) is 0 Å².